The maximum atomic E-state index is 14.5. The van der Waals surface area contributed by atoms with Crippen LogP contribution < -0.4 is 10.1 Å². The summed E-state index contributed by atoms with van der Waals surface area (Å²) in [4.78, 5) is 22.1. The predicted octanol–water partition coefficient (Wildman–Crippen LogP) is 4.41. The van der Waals surface area contributed by atoms with E-state index in [4.69, 9.17) is 4.74 Å². The number of carbonyl (C=O) groups is 1. The monoisotopic (exact) mass is 435 g/mol. The normalized spacial score (nSPS) is 12.6. The van der Waals surface area contributed by atoms with Gasteiger partial charge in [0.25, 0.3) is 5.91 Å². The van der Waals surface area contributed by atoms with Gasteiger partial charge in [-0.05, 0) is 31.0 Å². The largest absolute Gasteiger partial charge is 0.481 e. The van der Waals surface area contributed by atoms with Crippen molar-refractivity contribution in [1.82, 2.24) is 19.7 Å². The first kappa shape index (κ1) is 19.4. The zero-order valence-corrected chi connectivity index (χ0v) is 17.4. The summed E-state index contributed by atoms with van der Waals surface area (Å²) in [6.45, 7) is 0.715. The number of aromatic nitrogens is 4. The van der Waals surface area contributed by atoms with Gasteiger partial charge in [0.15, 0.2) is 5.13 Å². The van der Waals surface area contributed by atoms with Crippen molar-refractivity contribution in [3.8, 4) is 28.5 Å². The number of ether oxygens (including phenoxy) is 1. The molecule has 0 aliphatic carbocycles. The number of methoxy groups -OCH3 is 1. The van der Waals surface area contributed by atoms with Crippen LogP contribution in [0.4, 0.5) is 9.52 Å². The molecule has 0 radical (unpaired) electrons. The number of hydrogen-bond donors (Lipinski definition) is 1. The molecule has 156 valence electrons. The minimum absolute atomic E-state index is 0.315. The van der Waals surface area contributed by atoms with Crippen molar-refractivity contribution in [2.45, 2.75) is 19.4 Å². The van der Waals surface area contributed by atoms with Crippen molar-refractivity contribution in [1.29, 1.82) is 0 Å². The van der Waals surface area contributed by atoms with Gasteiger partial charge in [0.05, 0.1) is 24.1 Å². The second-order valence-electron chi connectivity index (χ2n) is 7.03. The molecule has 3 aromatic heterocycles. The molecular formula is C22H18FN5O2S. The standard InChI is InChI=1S/C22H18FN5O2S/c1-30-18-10-4-8-15(24-18)16-12-31-22(25-16)26-21(29)19-17-9-5-11-28(17)27-20(19)13-6-2-3-7-14(13)23/h2-4,6-8,10,12H,5,9,11H2,1H3,(H,25,26,29). The minimum Gasteiger partial charge on any atom is -0.481 e. The molecule has 0 fully saturated rings. The van der Waals surface area contributed by atoms with Crippen molar-refractivity contribution in [2.75, 3.05) is 12.4 Å². The van der Waals surface area contributed by atoms with Crippen LogP contribution in [0.1, 0.15) is 22.5 Å². The summed E-state index contributed by atoms with van der Waals surface area (Å²) in [7, 11) is 1.55. The predicted molar refractivity (Wildman–Crippen MR) is 116 cm³/mol. The summed E-state index contributed by atoms with van der Waals surface area (Å²) in [5.74, 6) is -0.268. The molecule has 0 unspecified atom stereocenters. The highest BCUT2D eigenvalue weighted by Gasteiger charge is 2.29. The summed E-state index contributed by atoms with van der Waals surface area (Å²) in [5, 5.41) is 9.64. The average Bonchev–Trinajstić information content (AvgIpc) is 3.50. The van der Waals surface area contributed by atoms with Crippen LogP contribution in [0.15, 0.2) is 47.8 Å². The SMILES string of the molecule is COc1cccc(-c2csc(NC(=O)c3c(-c4ccccc4F)nn4c3CCC4)n2)n1. The van der Waals surface area contributed by atoms with E-state index in [-0.39, 0.29) is 5.91 Å². The Morgan fingerprint density at radius 1 is 1.16 bits per heavy atom. The molecule has 0 saturated heterocycles. The quantitative estimate of drug-likeness (QED) is 0.502. The Morgan fingerprint density at radius 3 is 2.87 bits per heavy atom. The van der Waals surface area contributed by atoms with E-state index in [9.17, 15) is 9.18 Å². The number of hydrogen-bond acceptors (Lipinski definition) is 6. The second kappa shape index (κ2) is 7.92. The van der Waals surface area contributed by atoms with Crippen LogP contribution >= 0.6 is 11.3 Å². The van der Waals surface area contributed by atoms with Crippen LogP contribution in [0.25, 0.3) is 22.6 Å². The van der Waals surface area contributed by atoms with Crippen LogP contribution in [0.5, 0.6) is 5.88 Å². The highest BCUT2D eigenvalue weighted by atomic mass is 32.1. The van der Waals surface area contributed by atoms with Gasteiger partial charge in [-0.3, -0.25) is 14.8 Å². The third kappa shape index (κ3) is 3.57. The Hall–Kier alpha value is -3.59. The molecule has 5 rings (SSSR count). The average molecular weight is 435 g/mol. The highest BCUT2D eigenvalue weighted by Crippen LogP contribution is 2.32. The van der Waals surface area contributed by atoms with E-state index in [0.717, 1.165) is 18.5 Å². The topological polar surface area (TPSA) is 81.9 Å². The van der Waals surface area contributed by atoms with Gasteiger partial charge < -0.3 is 4.74 Å². The van der Waals surface area contributed by atoms with Crippen molar-refractivity contribution in [3.05, 3.63) is 64.9 Å². The first-order valence-corrected chi connectivity index (χ1v) is 10.6. The second-order valence-corrected chi connectivity index (χ2v) is 7.89. The molecule has 1 N–H and O–H groups in total. The van der Waals surface area contributed by atoms with Crippen LogP contribution in [0, 0.1) is 5.82 Å². The Morgan fingerprint density at radius 2 is 2.03 bits per heavy atom. The Balaban J connectivity index is 1.47. The Kier molecular flexibility index (Phi) is 4.95. The summed E-state index contributed by atoms with van der Waals surface area (Å²) in [5.41, 5.74) is 3.18. The maximum Gasteiger partial charge on any atom is 0.261 e. The third-order valence-electron chi connectivity index (χ3n) is 5.12. The smallest absolute Gasteiger partial charge is 0.261 e. The van der Waals surface area contributed by atoms with E-state index in [0.29, 0.717) is 45.8 Å². The zero-order valence-electron chi connectivity index (χ0n) is 16.6. The molecule has 0 saturated carbocycles. The van der Waals surface area contributed by atoms with Crippen LogP contribution in [0.3, 0.4) is 0 Å². The molecule has 1 aromatic carbocycles. The zero-order chi connectivity index (χ0) is 21.4. The number of pyridine rings is 1. The fourth-order valence-electron chi connectivity index (χ4n) is 3.69. The number of fused-ring (bicyclic) bond motifs is 1. The first-order chi connectivity index (χ1) is 15.1. The van der Waals surface area contributed by atoms with Gasteiger partial charge in [0.1, 0.15) is 17.2 Å². The molecule has 0 spiro atoms. The molecule has 7 nitrogen and oxygen atoms in total. The number of aryl methyl sites for hydroxylation is 1. The summed E-state index contributed by atoms with van der Waals surface area (Å²) < 4.78 is 21.4. The minimum atomic E-state index is -0.408. The number of anilines is 1. The molecule has 4 heterocycles. The number of nitrogens with zero attached hydrogens (tertiary/aromatic N) is 4. The molecule has 0 atom stereocenters. The van der Waals surface area contributed by atoms with Crippen LogP contribution in [-0.2, 0) is 13.0 Å². The number of benzene rings is 1. The van der Waals surface area contributed by atoms with E-state index < -0.39 is 5.82 Å². The number of halogens is 1. The van der Waals surface area contributed by atoms with Gasteiger partial charge in [-0.1, -0.05) is 18.2 Å². The molecule has 0 bridgehead atoms. The number of rotatable bonds is 5. The lowest BCUT2D eigenvalue weighted by molar-refractivity contribution is 0.102. The molecule has 1 aliphatic rings. The highest BCUT2D eigenvalue weighted by molar-refractivity contribution is 7.14. The molecule has 1 amide bonds. The van der Waals surface area contributed by atoms with Crippen LogP contribution in [-0.4, -0.2) is 32.8 Å². The van der Waals surface area contributed by atoms with Crippen LogP contribution in [0.2, 0.25) is 0 Å². The van der Waals surface area contributed by atoms with Crippen molar-refractivity contribution >= 4 is 22.4 Å². The summed E-state index contributed by atoms with van der Waals surface area (Å²) in [6, 6.07) is 11.8. The van der Waals surface area contributed by atoms with Crippen molar-refractivity contribution < 1.29 is 13.9 Å². The van der Waals surface area contributed by atoms with Gasteiger partial charge in [0.2, 0.25) is 5.88 Å². The fraction of sp³-hybridized carbons (Fsp3) is 0.182. The summed E-state index contributed by atoms with van der Waals surface area (Å²) in [6.07, 6.45) is 1.63. The third-order valence-corrected chi connectivity index (χ3v) is 5.87. The molecule has 31 heavy (non-hydrogen) atoms. The molecule has 9 heteroatoms. The van der Waals surface area contributed by atoms with Gasteiger partial charge in [-0.15, -0.1) is 11.3 Å². The van der Waals surface area contributed by atoms with E-state index in [1.54, 1.807) is 36.1 Å². The van der Waals surface area contributed by atoms with Gasteiger partial charge >= 0.3 is 0 Å². The fourth-order valence-corrected chi connectivity index (χ4v) is 4.39. The molecular weight excluding hydrogens is 417 g/mol. The first-order valence-electron chi connectivity index (χ1n) is 9.77. The Bertz CT molecular complexity index is 1280. The van der Waals surface area contributed by atoms with Gasteiger partial charge in [-0.2, -0.15) is 5.10 Å². The van der Waals surface area contributed by atoms with E-state index in [1.165, 1.54) is 17.4 Å². The van der Waals surface area contributed by atoms with E-state index in [1.807, 2.05) is 17.5 Å². The maximum absolute atomic E-state index is 14.5. The van der Waals surface area contributed by atoms with Crippen molar-refractivity contribution in [2.24, 2.45) is 0 Å². The molecule has 4 aromatic rings. The van der Waals surface area contributed by atoms with Crippen molar-refractivity contribution in [3.63, 3.8) is 0 Å². The number of thiazole rings is 1. The number of amides is 1. The van der Waals surface area contributed by atoms with E-state index in [2.05, 4.69) is 20.4 Å². The summed E-state index contributed by atoms with van der Waals surface area (Å²) >= 11 is 1.30. The van der Waals surface area contributed by atoms with E-state index >= 15 is 0 Å². The number of nitrogens with one attached hydrogen (secondary N) is 1. The lowest BCUT2D eigenvalue weighted by Crippen LogP contribution is -2.14. The van der Waals surface area contributed by atoms with Gasteiger partial charge in [-0.25, -0.2) is 14.4 Å². The lowest BCUT2D eigenvalue weighted by Gasteiger charge is -2.06. The Labute approximate surface area is 181 Å². The number of carbonyl (C=O) groups excluding carboxylic acids is 1. The van der Waals surface area contributed by atoms with Gasteiger partial charge in [0, 0.05) is 23.6 Å². The lowest BCUT2D eigenvalue weighted by atomic mass is 10.0. The molecule has 1 aliphatic heterocycles.